The van der Waals surface area contributed by atoms with Crippen molar-refractivity contribution in [2.45, 2.75) is 31.9 Å². The first-order valence-electron chi connectivity index (χ1n) is 5.82. The number of allylic oxidation sites excluding steroid dienone is 1. The summed E-state index contributed by atoms with van der Waals surface area (Å²) in [5, 5.41) is 0. The summed E-state index contributed by atoms with van der Waals surface area (Å²) in [5.74, 6) is 0. The molecule has 0 aliphatic heterocycles. The van der Waals surface area contributed by atoms with Gasteiger partial charge >= 0.3 is 0 Å². The molecule has 0 aromatic heterocycles. The lowest BCUT2D eigenvalue weighted by Crippen LogP contribution is -2.32. The standard InChI is InChI=1S/C14H16N2OS/c1-14(2,3)18(17)16-13-9-8-11-10(13)6-5-7-12(11)15-4/h5-7,9,16H,8H2,1-3H3. The molecule has 1 aliphatic carbocycles. The van der Waals surface area contributed by atoms with Gasteiger partial charge in [-0.3, -0.25) is 0 Å². The first kappa shape index (κ1) is 12.8. The Bertz CT molecular complexity index is 576. The Morgan fingerprint density at radius 1 is 1.39 bits per heavy atom. The van der Waals surface area contributed by atoms with Gasteiger partial charge in [0.1, 0.15) is 11.0 Å². The lowest BCUT2D eigenvalue weighted by atomic mass is 10.1. The van der Waals surface area contributed by atoms with Gasteiger partial charge in [0, 0.05) is 5.70 Å². The van der Waals surface area contributed by atoms with Crippen molar-refractivity contribution < 1.29 is 4.21 Å². The Balaban J connectivity index is 2.28. The number of rotatable bonds is 2. The summed E-state index contributed by atoms with van der Waals surface area (Å²) in [7, 11) is -1.14. The zero-order chi connectivity index (χ0) is 13.3. The van der Waals surface area contributed by atoms with Crippen LogP contribution in [0.4, 0.5) is 5.69 Å². The van der Waals surface area contributed by atoms with E-state index in [1.54, 1.807) is 0 Å². The molecule has 0 heterocycles. The number of benzene rings is 1. The molecular formula is C14H16N2OS. The predicted octanol–water partition coefficient (Wildman–Crippen LogP) is 3.19. The second-order valence-electron chi connectivity index (χ2n) is 5.22. The summed E-state index contributed by atoms with van der Waals surface area (Å²) >= 11 is 0. The van der Waals surface area contributed by atoms with E-state index < -0.39 is 11.0 Å². The third-order valence-corrected chi connectivity index (χ3v) is 4.35. The van der Waals surface area contributed by atoms with Crippen molar-refractivity contribution in [3.8, 4) is 0 Å². The molecule has 0 radical (unpaired) electrons. The highest BCUT2D eigenvalue weighted by Crippen LogP contribution is 2.33. The van der Waals surface area contributed by atoms with Crippen LogP contribution in [0.2, 0.25) is 0 Å². The molecule has 1 aromatic carbocycles. The van der Waals surface area contributed by atoms with Gasteiger partial charge < -0.3 is 4.72 Å². The highest BCUT2D eigenvalue weighted by molar-refractivity contribution is 7.84. The van der Waals surface area contributed by atoms with Gasteiger partial charge in [0.2, 0.25) is 0 Å². The quantitative estimate of drug-likeness (QED) is 0.814. The van der Waals surface area contributed by atoms with Crippen molar-refractivity contribution in [3.05, 3.63) is 46.8 Å². The smallest absolute Gasteiger partial charge is 0.191 e. The zero-order valence-corrected chi connectivity index (χ0v) is 11.6. The van der Waals surface area contributed by atoms with Crippen LogP contribution in [-0.4, -0.2) is 8.96 Å². The number of fused-ring (bicyclic) bond motifs is 1. The average Bonchev–Trinajstić information content (AvgIpc) is 2.71. The van der Waals surface area contributed by atoms with E-state index in [1.165, 1.54) is 0 Å². The highest BCUT2D eigenvalue weighted by atomic mass is 32.2. The van der Waals surface area contributed by atoms with E-state index in [0.717, 1.165) is 23.2 Å². The maximum absolute atomic E-state index is 12.1. The summed E-state index contributed by atoms with van der Waals surface area (Å²) in [4.78, 5) is 3.52. The van der Waals surface area contributed by atoms with Gasteiger partial charge in [-0.15, -0.1) is 0 Å². The second kappa shape index (κ2) is 4.58. The van der Waals surface area contributed by atoms with Crippen LogP contribution in [0.5, 0.6) is 0 Å². The van der Waals surface area contributed by atoms with Gasteiger partial charge in [-0.05, 0) is 38.3 Å². The van der Waals surface area contributed by atoms with Crippen LogP contribution in [-0.2, 0) is 17.4 Å². The molecule has 1 atom stereocenters. The van der Waals surface area contributed by atoms with Crippen LogP contribution in [0.1, 0.15) is 31.9 Å². The fourth-order valence-corrected chi connectivity index (χ4v) is 2.51. The van der Waals surface area contributed by atoms with Crippen LogP contribution < -0.4 is 4.72 Å². The molecule has 0 saturated carbocycles. The van der Waals surface area contributed by atoms with Crippen molar-refractivity contribution in [1.82, 2.24) is 4.72 Å². The molecular weight excluding hydrogens is 244 g/mol. The van der Waals surface area contributed by atoms with Crippen LogP contribution >= 0.6 is 0 Å². The van der Waals surface area contributed by atoms with E-state index in [9.17, 15) is 4.21 Å². The molecule has 4 heteroatoms. The molecule has 0 spiro atoms. The van der Waals surface area contributed by atoms with Crippen LogP contribution in [0.25, 0.3) is 10.5 Å². The number of nitrogens with one attached hydrogen (secondary N) is 1. The molecule has 3 nitrogen and oxygen atoms in total. The Hall–Kier alpha value is -1.60. The van der Waals surface area contributed by atoms with Crippen molar-refractivity contribution in [3.63, 3.8) is 0 Å². The first-order chi connectivity index (χ1) is 8.43. The molecule has 2 rings (SSSR count). The zero-order valence-electron chi connectivity index (χ0n) is 10.8. The lowest BCUT2D eigenvalue weighted by Gasteiger charge is -2.19. The monoisotopic (exact) mass is 260 g/mol. The normalized spacial score (nSPS) is 15.6. The fraction of sp³-hybridized carbons (Fsp3) is 0.357. The van der Waals surface area contributed by atoms with Gasteiger partial charge in [0.25, 0.3) is 0 Å². The van der Waals surface area contributed by atoms with E-state index in [2.05, 4.69) is 9.57 Å². The fourth-order valence-electron chi connectivity index (χ4n) is 1.81. The Labute approximate surface area is 110 Å². The van der Waals surface area contributed by atoms with Crippen molar-refractivity contribution >= 4 is 22.4 Å². The largest absolute Gasteiger partial charge is 0.305 e. The molecule has 1 unspecified atom stereocenters. The lowest BCUT2D eigenvalue weighted by molar-refractivity contribution is 0.645. The van der Waals surface area contributed by atoms with Gasteiger partial charge in [0.15, 0.2) is 5.69 Å². The second-order valence-corrected chi connectivity index (χ2v) is 7.19. The minimum absolute atomic E-state index is 0.305. The molecule has 18 heavy (non-hydrogen) atoms. The van der Waals surface area contributed by atoms with Crippen LogP contribution in [0.3, 0.4) is 0 Å². The Kier molecular flexibility index (Phi) is 3.27. The minimum Gasteiger partial charge on any atom is -0.305 e. The molecule has 0 saturated heterocycles. The minimum atomic E-state index is -1.14. The topological polar surface area (TPSA) is 33.5 Å². The molecule has 1 aromatic rings. The molecule has 1 N–H and O–H groups in total. The van der Waals surface area contributed by atoms with Gasteiger partial charge in [0.05, 0.1) is 11.3 Å². The van der Waals surface area contributed by atoms with Gasteiger partial charge in [-0.2, -0.15) is 0 Å². The molecule has 0 amide bonds. The number of nitrogens with zero attached hydrogens (tertiary/aromatic N) is 1. The third kappa shape index (κ3) is 2.32. The Morgan fingerprint density at radius 2 is 2.11 bits per heavy atom. The molecule has 0 fully saturated rings. The summed E-state index contributed by atoms with van der Waals surface area (Å²) < 4.78 is 14.8. The van der Waals surface area contributed by atoms with E-state index in [-0.39, 0.29) is 4.75 Å². The van der Waals surface area contributed by atoms with Crippen LogP contribution in [0.15, 0.2) is 24.3 Å². The summed E-state index contributed by atoms with van der Waals surface area (Å²) in [6.45, 7) is 12.9. The molecule has 94 valence electrons. The SMILES string of the molecule is [C-]#[N+]c1cccc2c1CC=C2NS(=O)C(C)(C)C. The highest BCUT2D eigenvalue weighted by Gasteiger charge is 2.23. The van der Waals surface area contributed by atoms with Gasteiger partial charge in [-0.1, -0.05) is 24.3 Å². The number of hydrogen-bond donors (Lipinski definition) is 1. The van der Waals surface area contributed by atoms with E-state index >= 15 is 0 Å². The third-order valence-electron chi connectivity index (χ3n) is 2.83. The molecule has 0 bridgehead atoms. The first-order valence-corrected chi connectivity index (χ1v) is 6.97. The average molecular weight is 260 g/mol. The van der Waals surface area contributed by atoms with E-state index in [0.29, 0.717) is 5.69 Å². The number of hydrogen-bond acceptors (Lipinski definition) is 1. The van der Waals surface area contributed by atoms with Crippen molar-refractivity contribution in [1.29, 1.82) is 0 Å². The van der Waals surface area contributed by atoms with Crippen molar-refractivity contribution in [2.75, 3.05) is 0 Å². The summed E-state index contributed by atoms with van der Waals surface area (Å²) in [6.07, 6.45) is 2.74. The van der Waals surface area contributed by atoms with E-state index in [4.69, 9.17) is 6.57 Å². The van der Waals surface area contributed by atoms with E-state index in [1.807, 2.05) is 45.0 Å². The molecule has 1 aliphatic rings. The predicted molar refractivity (Wildman–Crippen MR) is 75.4 cm³/mol. The maximum Gasteiger partial charge on any atom is 0.191 e. The van der Waals surface area contributed by atoms with Gasteiger partial charge in [-0.25, -0.2) is 9.05 Å². The van der Waals surface area contributed by atoms with Crippen molar-refractivity contribution in [2.24, 2.45) is 0 Å². The Morgan fingerprint density at radius 3 is 2.72 bits per heavy atom. The van der Waals surface area contributed by atoms with Crippen LogP contribution in [0, 0.1) is 6.57 Å². The summed E-state index contributed by atoms with van der Waals surface area (Å²) in [6, 6.07) is 5.66. The summed E-state index contributed by atoms with van der Waals surface area (Å²) in [5.41, 5.74) is 3.59. The maximum atomic E-state index is 12.1.